The highest BCUT2D eigenvalue weighted by atomic mass is 35.5. The number of thioether (sulfide) groups is 1. The van der Waals surface area contributed by atoms with Gasteiger partial charge in [-0.25, -0.2) is 0 Å². The van der Waals surface area contributed by atoms with Crippen LogP contribution in [0.3, 0.4) is 0 Å². The first-order valence-electron chi connectivity index (χ1n) is 9.88. The second kappa shape index (κ2) is 10.5. The molecule has 0 aliphatic carbocycles. The van der Waals surface area contributed by atoms with Crippen molar-refractivity contribution in [1.29, 1.82) is 0 Å². The molecule has 0 bridgehead atoms. The lowest BCUT2D eigenvalue weighted by Crippen LogP contribution is -2.24. The van der Waals surface area contributed by atoms with E-state index in [1.165, 1.54) is 11.8 Å². The number of fused-ring (bicyclic) bond motifs is 1. The maximum atomic E-state index is 12.2. The number of aliphatic imine (C=N–C) groups is 1. The standard InChI is InChI=1S/C22H20Cl2N4O3S/c23-17-3-2-15(18(24)11-17)13-28-19-4-1-14(9-16(19)12-26-28)10-20-21(30)27-22(32-20)25-5-7-31-8-6-29/h1-4,9-12,29H,5-8,13H2,(H,25,27,30). The largest absolute Gasteiger partial charge is 0.394 e. The SMILES string of the molecule is O=C1N=C(NCCOCCO)SC1=Cc1ccc2c(cnn2Cc2ccc(Cl)cc2Cl)c1. The first-order chi connectivity index (χ1) is 15.5. The van der Waals surface area contributed by atoms with Crippen LogP contribution in [-0.2, 0) is 16.1 Å². The molecule has 10 heteroatoms. The summed E-state index contributed by atoms with van der Waals surface area (Å²) in [4.78, 5) is 16.8. The molecule has 1 aliphatic heterocycles. The molecule has 2 heterocycles. The predicted molar refractivity (Wildman–Crippen MR) is 129 cm³/mol. The van der Waals surface area contributed by atoms with Crippen molar-refractivity contribution in [2.24, 2.45) is 4.99 Å². The van der Waals surface area contributed by atoms with Crippen LogP contribution in [0.2, 0.25) is 10.0 Å². The van der Waals surface area contributed by atoms with Crippen LogP contribution in [0.25, 0.3) is 17.0 Å². The number of nitrogens with zero attached hydrogens (tertiary/aromatic N) is 3. The van der Waals surface area contributed by atoms with Crippen molar-refractivity contribution in [2.75, 3.05) is 26.4 Å². The lowest BCUT2D eigenvalue weighted by atomic mass is 10.1. The maximum absolute atomic E-state index is 12.2. The monoisotopic (exact) mass is 490 g/mol. The van der Waals surface area contributed by atoms with E-state index in [-0.39, 0.29) is 19.1 Å². The Morgan fingerprint density at radius 2 is 2.06 bits per heavy atom. The molecule has 1 amide bonds. The van der Waals surface area contributed by atoms with Crippen LogP contribution in [0.4, 0.5) is 0 Å². The number of hydrogen-bond donors (Lipinski definition) is 2. The third kappa shape index (κ3) is 5.51. The minimum atomic E-state index is -0.276. The van der Waals surface area contributed by atoms with E-state index in [4.69, 9.17) is 33.0 Å². The fourth-order valence-corrected chi connectivity index (χ4v) is 4.47. The molecule has 1 aromatic heterocycles. The molecule has 7 nitrogen and oxygen atoms in total. The zero-order valence-corrected chi connectivity index (χ0v) is 19.3. The van der Waals surface area contributed by atoms with Gasteiger partial charge >= 0.3 is 0 Å². The number of halogens is 2. The second-order valence-electron chi connectivity index (χ2n) is 6.95. The first-order valence-corrected chi connectivity index (χ1v) is 11.5. The number of benzene rings is 2. The van der Waals surface area contributed by atoms with Gasteiger partial charge in [0.25, 0.3) is 5.91 Å². The molecule has 0 spiro atoms. The van der Waals surface area contributed by atoms with Crippen LogP contribution in [0.15, 0.2) is 52.5 Å². The van der Waals surface area contributed by atoms with Crippen LogP contribution in [0.5, 0.6) is 0 Å². The minimum Gasteiger partial charge on any atom is -0.394 e. The Bertz CT molecular complexity index is 1210. The molecule has 3 aromatic rings. The van der Waals surface area contributed by atoms with E-state index in [1.807, 2.05) is 41.1 Å². The number of carbonyl (C=O) groups excluding carboxylic acids is 1. The lowest BCUT2D eigenvalue weighted by Gasteiger charge is -2.07. The molecule has 0 unspecified atom stereocenters. The van der Waals surface area contributed by atoms with Gasteiger partial charge in [-0.1, -0.05) is 35.3 Å². The molecule has 0 radical (unpaired) electrons. The van der Waals surface area contributed by atoms with Gasteiger partial charge in [0.2, 0.25) is 0 Å². The Morgan fingerprint density at radius 3 is 2.88 bits per heavy atom. The molecule has 166 valence electrons. The first kappa shape index (κ1) is 22.8. The molecular formula is C22H20Cl2N4O3S. The van der Waals surface area contributed by atoms with E-state index in [0.717, 1.165) is 22.0 Å². The Hall–Kier alpha value is -2.36. The number of ether oxygens (including phenoxy) is 1. The normalized spacial score (nSPS) is 15.0. The van der Waals surface area contributed by atoms with Crippen molar-refractivity contribution in [1.82, 2.24) is 15.1 Å². The van der Waals surface area contributed by atoms with E-state index in [0.29, 0.717) is 39.8 Å². The fourth-order valence-electron chi connectivity index (χ4n) is 3.17. The summed E-state index contributed by atoms with van der Waals surface area (Å²) in [5.74, 6) is -0.276. The average Bonchev–Trinajstić information content (AvgIpc) is 3.32. The van der Waals surface area contributed by atoms with E-state index < -0.39 is 0 Å². The number of hydrogen-bond acceptors (Lipinski definition) is 6. The van der Waals surface area contributed by atoms with Crippen molar-refractivity contribution in [3.8, 4) is 0 Å². The number of amidine groups is 1. The van der Waals surface area contributed by atoms with Gasteiger partial charge in [-0.3, -0.25) is 9.48 Å². The quantitative estimate of drug-likeness (QED) is 0.367. The Balaban J connectivity index is 1.43. The number of nitrogens with one attached hydrogen (secondary N) is 1. The second-order valence-corrected chi connectivity index (χ2v) is 8.83. The summed E-state index contributed by atoms with van der Waals surface area (Å²) in [6, 6.07) is 11.3. The van der Waals surface area contributed by atoms with Crippen LogP contribution in [0.1, 0.15) is 11.1 Å². The summed E-state index contributed by atoms with van der Waals surface area (Å²) in [7, 11) is 0. The Morgan fingerprint density at radius 1 is 1.19 bits per heavy atom. The maximum Gasteiger partial charge on any atom is 0.286 e. The molecule has 2 aromatic carbocycles. The zero-order chi connectivity index (χ0) is 22.5. The molecular weight excluding hydrogens is 471 g/mol. The van der Waals surface area contributed by atoms with Gasteiger partial charge in [0, 0.05) is 22.0 Å². The molecule has 0 fully saturated rings. The predicted octanol–water partition coefficient (Wildman–Crippen LogP) is 3.96. The third-order valence-electron chi connectivity index (χ3n) is 4.68. The molecule has 4 rings (SSSR count). The van der Waals surface area contributed by atoms with Crippen molar-refractivity contribution in [2.45, 2.75) is 6.54 Å². The number of amides is 1. The Kier molecular flexibility index (Phi) is 7.49. The summed E-state index contributed by atoms with van der Waals surface area (Å²) in [6.07, 6.45) is 3.61. The van der Waals surface area contributed by atoms with Crippen LogP contribution in [0, 0.1) is 0 Å². The van der Waals surface area contributed by atoms with Gasteiger partial charge in [-0.15, -0.1) is 0 Å². The van der Waals surface area contributed by atoms with E-state index >= 15 is 0 Å². The molecule has 0 saturated carbocycles. The summed E-state index contributed by atoms with van der Waals surface area (Å²) in [5, 5.41) is 18.9. The van der Waals surface area contributed by atoms with Crippen LogP contribution < -0.4 is 5.32 Å². The van der Waals surface area contributed by atoms with Crippen molar-refractivity contribution < 1.29 is 14.6 Å². The molecule has 32 heavy (non-hydrogen) atoms. The van der Waals surface area contributed by atoms with Gasteiger partial charge in [0.05, 0.1) is 43.0 Å². The number of rotatable bonds is 8. The van der Waals surface area contributed by atoms with Crippen molar-refractivity contribution in [3.63, 3.8) is 0 Å². The third-order valence-corrected chi connectivity index (χ3v) is 6.21. The van der Waals surface area contributed by atoms with Gasteiger partial charge in [-0.2, -0.15) is 10.1 Å². The van der Waals surface area contributed by atoms with E-state index in [1.54, 1.807) is 12.3 Å². The summed E-state index contributed by atoms with van der Waals surface area (Å²) < 4.78 is 7.06. The average molecular weight is 491 g/mol. The molecule has 1 aliphatic rings. The summed E-state index contributed by atoms with van der Waals surface area (Å²) in [6.45, 7) is 1.74. The van der Waals surface area contributed by atoms with Crippen LogP contribution >= 0.6 is 35.0 Å². The topological polar surface area (TPSA) is 88.7 Å². The number of aromatic nitrogens is 2. The van der Waals surface area contributed by atoms with Crippen molar-refractivity contribution >= 4 is 63.0 Å². The molecule has 0 saturated heterocycles. The highest BCUT2D eigenvalue weighted by Crippen LogP contribution is 2.29. The fraction of sp³-hybridized carbons (Fsp3) is 0.227. The highest BCUT2D eigenvalue weighted by molar-refractivity contribution is 8.18. The van der Waals surface area contributed by atoms with Crippen molar-refractivity contribution in [3.05, 3.63) is 68.7 Å². The van der Waals surface area contributed by atoms with E-state index in [2.05, 4.69) is 15.4 Å². The van der Waals surface area contributed by atoms with E-state index in [9.17, 15) is 4.79 Å². The minimum absolute atomic E-state index is 0.0147. The summed E-state index contributed by atoms with van der Waals surface area (Å²) >= 11 is 13.6. The van der Waals surface area contributed by atoms with Crippen LogP contribution in [-0.4, -0.2) is 52.3 Å². The molecule has 0 atom stereocenters. The number of aliphatic hydroxyl groups excluding tert-OH is 1. The zero-order valence-electron chi connectivity index (χ0n) is 16.9. The summed E-state index contributed by atoms with van der Waals surface area (Å²) in [5.41, 5.74) is 2.78. The van der Waals surface area contributed by atoms with Gasteiger partial charge in [-0.05, 0) is 53.2 Å². The van der Waals surface area contributed by atoms with Gasteiger partial charge in [0.1, 0.15) is 0 Å². The highest BCUT2D eigenvalue weighted by Gasteiger charge is 2.21. The Labute approximate surface area is 199 Å². The lowest BCUT2D eigenvalue weighted by molar-refractivity contribution is -0.113. The van der Waals surface area contributed by atoms with Gasteiger partial charge < -0.3 is 15.2 Å². The smallest absolute Gasteiger partial charge is 0.286 e. The molecule has 2 N–H and O–H groups in total. The number of carbonyl (C=O) groups is 1. The number of aliphatic hydroxyl groups is 1. The van der Waals surface area contributed by atoms with Gasteiger partial charge in [0.15, 0.2) is 5.17 Å².